The van der Waals surface area contributed by atoms with Crippen molar-refractivity contribution in [2.24, 2.45) is 40.4 Å². The third-order valence-electron chi connectivity index (χ3n) is 9.81. The zero-order valence-corrected chi connectivity index (χ0v) is 16.5. The summed E-state index contributed by atoms with van der Waals surface area (Å²) in [4.78, 5) is 0. The fraction of sp³-hybridized carbons (Fsp3) is 1.00. The van der Waals surface area contributed by atoms with Crippen LogP contribution in [0.15, 0.2) is 0 Å². The lowest BCUT2D eigenvalue weighted by molar-refractivity contribution is -0.186. The van der Waals surface area contributed by atoms with Gasteiger partial charge in [-0.15, -0.1) is 0 Å². The van der Waals surface area contributed by atoms with Crippen LogP contribution in [-0.4, -0.2) is 16.6 Å². The van der Waals surface area contributed by atoms with Crippen LogP contribution in [0.4, 0.5) is 8.78 Å². The Kier molecular flexibility index (Phi) is 3.95. The van der Waals surface area contributed by atoms with Gasteiger partial charge in [0.05, 0.1) is 5.60 Å². The lowest BCUT2D eigenvalue weighted by Crippen LogP contribution is -2.58. The maximum absolute atomic E-state index is 14.0. The van der Waals surface area contributed by atoms with E-state index >= 15 is 0 Å². The summed E-state index contributed by atoms with van der Waals surface area (Å²) in [6.07, 6.45) is 7.23. The molecule has 0 saturated heterocycles. The quantitative estimate of drug-likeness (QED) is 0.607. The predicted octanol–water partition coefficient (Wildman–Crippen LogP) is 6.05. The van der Waals surface area contributed by atoms with Crippen molar-refractivity contribution in [3.8, 4) is 0 Å². The normalized spacial score (nSPS) is 54.7. The molecule has 0 spiro atoms. The topological polar surface area (TPSA) is 20.2 Å². The van der Waals surface area contributed by atoms with Crippen molar-refractivity contribution in [1.82, 2.24) is 0 Å². The van der Waals surface area contributed by atoms with Crippen LogP contribution in [0.3, 0.4) is 0 Å². The second-order valence-electron chi connectivity index (χ2n) is 10.8. The molecule has 0 aromatic carbocycles. The van der Waals surface area contributed by atoms with Crippen LogP contribution in [-0.2, 0) is 0 Å². The van der Waals surface area contributed by atoms with Gasteiger partial charge in [0.2, 0.25) is 5.92 Å². The van der Waals surface area contributed by atoms with E-state index in [0.717, 1.165) is 38.5 Å². The highest BCUT2D eigenvalue weighted by Gasteiger charge is 2.65. The molecule has 0 amide bonds. The third-order valence-corrected chi connectivity index (χ3v) is 9.81. The van der Waals surface area contributed by atoms with Gasteiger partial charge in [0.1, 0.15) is 0 Å². The number of aliphatic hydroxyl groups is 1. The maximum Gasteiger partial charge on any atom is 0.248 e. The first kappa shape index (κ1) is 18.2. The number of fused-ring (bicyclic) bond motifs is 5. The van der Waals surface area contributed by atoms with Crippen molar-refractivity contribution in [3.05, 3.63) is 0 Å². The molecule has 144 valence electrons. The van der Waals surface area contributed by atoms with Gasteiger partial charge in [-0.1, -0.05) is 27.7 Å². The molecule has 4 rings (SSSR count). The van der Waals surface area contributed by atoms with Crippen LogP contribution in [0.25, 0.3) is 0 Å². The Labute approximate surface area is 152 Å². The van der Waals surface area contributed by atoms with Gasteiger partial charge < -0.3 is 5.11 Å². The molecular formula is C22H36F2O. The summed E-state index contributed by atoms with van der Waals surface area (Å²) in [6.45, 7) is 9.00. The summed E-state index contributed by atoms with van der Waals surface area (Å²) in [7, 11) is 0. The molecule has 0 bridgehead atoms. The van der Waals surface area contributed by atoms with Crippen LogP contribution < -0.4 is 0 Å². The van der Waals surface area contributed by atoms with E-state index in [9.17, 15) is 13.9 Å². The molecule has 1 N–H and O–H groups in total. The summed E-state index contributed by atoms with van der Waals surface area (Å²) in [6, 6.07) is 0. The Morgan fingerprint density at radius 2 is 1.56 bits per heavy atom. The van der Waals surface area contributed by atoms with Crippen molar-refractivity contribution >= 4 is 0 Å². The largest absolute Gasteiger partial charge is 0.389 e. The maximum atomic E-state index is 14.0. The fourth-order valence-electron chi connectivity index (χ4n) is 8.17. The Bertz CT molecular complexity index is 546. The van der Waals surface area contributed by atoms with Crippen LogP contribution in [0.1, 0.15) is 85.5 Å². The fourth-order valence-corrected chi connectivity index (χ4v) is 8.17. The van der Waals surface area contributed by atoms with Gasteiger partial charge in [-0.2, -0.15) is 0 Å². The van der Waals surface area contributed by atoms with Gasteiger partial charge in [-0.25, -0.2) is 8.78 Å². The van der Waals surface area contributed by atoms with E-state index in [-0.39, 0.29) is 29.6 Å². The molecule has 7 atom stereocenters. The second-order valence-corrected chi connectivity index (χ2v) is 10.8. The molecule has 25 heavy (non-hydrogen) atoms. The molecule has 1 nitrogen and oxygen atoms in total. The van der Waals surface area contributed by atoms with E-state index < -0.39 is 11.5 Å². The summed E-state index contributed by atoms with van der Waals surface area (Å²) in [5.74, 6) is -0.134. The van der Waals surface area contributed by atoms with E-state index in [1.807, 2.05) is 0 Å². The molecular weight excluding hydrogens is 318 g/mol. The second kappa shape index (κ2) is 5.42. The number of alkyl halides is 2. The Hall–Kier alpha value is -0.180. The first-order chi connectivity index (χ1) is 11.5. The third kappa shape index (κ3) is 2.33. The molecule has 4 saturated carbocycles. The molecule has 0 unspecified atom stereocenters. The van der Waals surface area contributed by atoms with Gasteiger partial charge >= 0.3 is 0 Å². The smallest absolute Gasteiger partial charge is 0.248 e. The van der Waals surface area contributed by atoms with E-state index in [2.05, 4.69) is 27.7 Å². The minimum atomic E-state index is -2.44. The molecule has 4 fully saturated rings. The molecule has 0 heterocycles. The van der Waals surface area contributed by atoms with Gasteiger partial charge in [0.15, 0.2) is 0 Å². The molecule has 4 aliphatic rings. The van der Waals surface area contributed by atoms with Crippen molar-refractivity contribution in [2.75, 3.05) is 0 Å². The lowest BCUT2D eigenvalue weighted by atomic mass is 9.44. The van der Waals surface area contributed by atoms with Gasteiger partial charge in [0.25, 0.3) is 0 Å². The molecule has 3 heteroatoms. The average Bonchev–Trinajstić information content (AvgIpc) is 2.81. The highest BCUT2D eigenvalue weighted by Crippen LogP contribution is 2.69. The van der Waals surface area contributed by atoms with Crippen LogP contribution >= 0.6 is 0 Å². The summed E-state index contributed by atoms with van der Waals surface area (Å²) in [5, 5.41) is 11.5. The Morgan fingerprint density at radius 3 is 2.24 bits per heavy atom. The van der Waals surface area contributed by atoms with Gasteiger partial charge in [0, 0.05) is 12.8 Å². The van der Waals surface area contributed by atoms with Crippen molar-refractivity contribution in [1.29, 1.82) is 0 Å². The van der Waals surface area contributed by atoms with Crippen molar-refractivity contribution < 1.29 is 13.9 Å². The van der Waals surface area contributed by atoms with Crippen molar-refractivity contribution in [2.45, 2.75) is 97.0 Å². The number of rotatable bonds is 1. The number of hydrogen-bond acceptors (Lipinski definition) is 1. The molecule has 0 aromatic heterocycles. The van der Waals surface area contributed by atoms with Crippen LogP contribution in [0.5, 0.6) is 0 Å². The van der Waals surface area contributed by atoms with E-state index in [1.54, 1.807) is 0 Å². The standard InChI is InChI=1S/C22H36F2O/c1-14(2)22(25)10-8-18-16-6-5-15-13-21(23,24)12-11-19(15,3)17(16)7-9-20(18,22)4/h14-18,25H,5-13H2,1-4H3/t15-,16+,17-,18-,19-,20-,22+/m0/s1. The average molecular weight is 355 g/mol. The summed E-state index contributed by atoms with van der Waals surface area (Å²) in [5.41, 5.74) is -0.422. The minimum absolute atomic E-state index is 0.0180. The first-order valence-corrected chi connectivity index (χ1v) is 10.6. The first-order valence-electron chi connectivity index (χ1n) is 10.6. The van der Waals surface area contributed by atoms with Gasteiger partial charge in [-0.05, 0) is 85.4 Å². The SMILES string of the molecule is CC(C)[C@]1(O)CC[C@H]2[C@@H]3CC[C@H]4CC(F)(F)CC[C@]4(C)[C@H]3CC[C@@]21C. The highest BCUT2D eigenvalue weighted by molar-refractivity contribution is 5.15. The molecule has 0 aliphatic heterocycles. The zero-order chi connectivity index (χ0) is 18.3. The predicted molar refractivity (Wildman–Crippen MR) is 96.5 cm³/mol. The van der Waals surface area contributed by atoms with Gasteiger partial charge in [-0.3, -0.25) is 0 Å². The molecule has 4 aliphatic carbocycles. The van der Waals surface area contributed by atoms with E-state index in [4.69, 9.17) is 0 Å². The number of halogens is 2. The van der Waals surface area contributed by atoms with Crippen molar-refractivity contribution in [3.63, 3.8) is 0 Å². The summed E-state index contributed by atoms with van der Waals surface area (Å²) < 4.78 is 28.0. The lowest BCUT2D eigenvalue weighted by Gasteiger charge is -2.62. The minimum Gasteiger partial charge on any atom is -0.389 e. The highest BCUT2D eigenvalue weighted by atomic mass is 19.3. The zero-order valence-electron chi connectivity index (χ0n) is 16.5. The van der Waals surface area contributed by atoms with E-state index in [0.29, 0.717) is 30.1 Å². The van der Waals surface area contributed by atoms with Crippen LogP contribution in [0, 0.1) is 40.4 Å². The Morgan fingerprint density at radius 1 is 0.880 bits per heavy atom. The molecule has 0 radical (unpaired) electrons. The van der Waals surface area contributed by atoms with Crippen LogP contribution in [0.2, 0.25) is 0 Å². The Balaban J connectivity index is 1.63. The number of hydrogen-bond donors (Lipinski definition) is 1. The van der Waals surface area contributed by atoms with E-state index in [1.165, 1.54) is 0 Å². The monoisotopic (exact) mass is 354 g/mol. The molecule has 0 aromatic rings. The summed E-state index contributed by atoms with van der Waals surface area (Å²) >= 11 is 0.